The van der Waals surface area contributed by atoms with E-state index in [0.29, 0.717) is 34.0 Å². The first-order valence-electron chi connectivity index (χ1n) is 9.57. The van der Waals surface area contributed by atoms with Crippen LogP contribution >= 0.6 is 23.7 Å². The monoisotopic (exact) mass is 459 g/mol. The van der Waals surface area contributed by atoms with E-state index >= 15 is 0 Å². The molecule has 0 aliphatic carbocycles. The molecule has 9 heteroatoms. The molecule has 0 radical (unpaired) electrons. The van der Waals surface area contributed by atoms with Gasteiger partial charge in [0.25, 0.3) is 5.91 Å². The number of nitrogens with zero attached hydrogens (tertiary/aromatic N) is 5. The number of benzene rings is 2. The Morgan fingerprint density at radius 2 is 1.87 bits per heavy atom. The second kappa shape index (κ2) is 9.55. The van der Waals surface area contributed by atoms with Gasteiger partial charge in [0.15, 0.2) is 5.13 Å². The van der Waals surface area contributed by atoms with Crippen molar-refractivity contribution in [2.24, 2.45) is 0 Å². The van der Waals surface area contributed by atoms with E-state index in [1.165, 1.54) is 23.5 Å². The number of thiazole rings is 1. The van der Waals surface area contributed by atoms with Crippen molar-refractivity contribution in [3.8, 4) is 5.69 Å². The number of carbonyl (C=O) groups is 1. The number of amides is 1. The van der Waals surface area contributed by atoms with Crippen molar-refractivity contribution < 1.29 is 9.18 Å². The fourth-order valence-electron chi connectivity index (χ4n) is 3.18. The van der Waals surface area contributed by atoms with Gasteiger partial charge in [-0.15, -0.1) is 12.4 Å². The summed E-state index contributed by atoms with van der Waals surface area (Å²) < 4.78 is 16.1. The van der Waals surface area contributed by atoms with Gasteiger partial charge in [-0.1, -0.05) is 29.5 Å². The number of hydrogen-bond donors (Lipinski definition) is 0. The normalized spacial score (nSPS) is 11.0. The third-order valence-electron chi connectivity index (χ3n) is 4.83. The van der Waals surface area contributed by atoms with Crippen LogP contribution in [0.2, 0.25) is 0 Å². The minimum Gasteiger partial charge on any atom is -0.308 e. The summed E-state index contributed by atoms with van der Waals surface area (Å²) >= 11 is 1.31. The number of aromatic nitrogens is 3. The maximum Gasteiger partial charge on any atom is 0.263 e. The average molecular weight is 460 g/mol. The van der Waals surface area contributed by atoms with Crippen LogP contribution in [0.15, 0.2) is 54.7 Å². The molecule has 0 saturated heterocycles. The number of anilines is 1. The molecule has 1 amide bonds. The zero-order valence-electron chi connectivity index (χ0n) is 17.4. The highest BCUT2D eigenvalue weighted by atomic mass is 35.5. The summed E-state index contributed by atoms with van der Waals surface area (Å²) in [6.07, 6.45) is 1.60. The van der Waals surface area contributed by atoms with Crippen LogP contribution in [0.4, 0.5) is 9.52 Å². The van der Waals surface area contributed by atoms with Crippen molar-refractivity contribution >= 4 is 45.0 Å². The third kappa shape index (κ3) is 4.76. The van der Waals surface area contributed by atoms with E-state index in [1.807, 2.05) is 56.3 Å². The van der Waals surface area contributed by atoms with Crippen LogP contribution < -0.4 is 4.90 Å². The topological polar surface area (TPSA) is 54.3 Å². The summed E-state index contributed by atoms with van der Waals surface area (Å²) in [4.78, 5) is 21.8. The number of rotatable bonds is 6. The van der Waals surface area contributed by atoms with Gasteiger partial charge in [0.05, 0.1) is 33.4 Å². The predicted octanol–water partition coefficient (Wildman–Crippen LogP) is 4.56. The highest BCUT2D eigenvalue weighted by Crippen LogP contribution is 2.30. The van der Waals surface area contributed by atoms with Crippen molar-refractivity contribution in [2.45, 2.75) is 6.92 Å². The van der Waals surface area contributed by atoms with Crippen LogP contribution in [0, 0.1) is 12.7 Å². The maximum absolute atomic E-state index is 13.6. The van der Waals surface area contributed by atoms with Crippen molar-refractivity contribution in [2.75, 3.05) is 32.1 Å². The predicted molar refractivity (Wildman–Crippen MR) is 125 cm³/mol. The number of halogens is 2. The highest BCUT2D eigenvalue weighted by molar-refractivity contribution is 7.22. The Morgan fingerprint density at radius 3 is 2.58 bits per heavy atom. The number of likely N-dealkylation sites (N-methyl/N-ethyl adjacent to an activating group) is 1. The minimum atomic E-state index is -0.316. The first-order chi connectivity index (χ1) is 14.4. The molecule has 0 fully saturated rings. The summed E-state index contributed by atoms with van der Waals surface area (Å²) in [7, 11) is 3.91. The Bertz CT molecular complexity index is 1190. The van der Waals surface area contributed by atoms with E-state index in [4.69, 9.17) is 0 Å². The lowest BCUT2D eigenvalue weighted by molar-refractivity contribution is 0.0984. The minimum absolute atomic E-state index is 0. The van der Waals surface area contributed by atoms with Crippen molar-refractivity contribution in [3.63, 3.8) is 0 Å². The quantitative estimate of drug-likeness (QED) is 0.424. The van der Waals surface area contributed by atoms with Gasteiger partial charge in [-0.05, 0) is 51.4 Å². The van der Waals surface area contributed by atoms with E-state index < -0.39 is 0 Å². The van der Waals surface area contributed by atoms with E-state index in [1.54, 1.807) is 21.8 Å². The largest absolute Gasteiger partial charge is 0.308 e. The third-order valence-corrected chi connectivity index (χ3v) is 5.87. The Hall–Kier alpha value is -2.81. The van der Waals surface area contributed by atoms with Gasteiger partial charge in [0, 0.05) is 13.1 Å². The van der Waals surface area contributed by atoms with Crippen molar-refractivity contribution in [3.05, 3.63) is 71.8 Å². The van der Waals surface area contributed by atoms with Gasteiger partial charge in [0.1, 0.15) is 5.82 Å². The Morgan fingerprint density at radius 1 is 1.13 bits per heavy atom. The second-order valence-electron chi connectivity index (χ2n) is 7.26. The summed E-state index contributed by atoms with van der Waals surface area (Å²) in [5, 5.41) is 4.98. The fourth-order valence-corrected chi connectivity index (χ4v) is 4.20. The molecule has 6 nitrogen and oxygen atoms in total. The lowest BCUT2D eigenvalue weighted by Crippen LogP contribution is -2.37. The lowest BCUT2D eigenvalue weighted by Gasteiger charge is -2.21. The Labute approximate surface area is 190 Å². The van der Waals surface area contributed by atoms with E-state index in [0.717, 1.165) is 11.4 Å². The molecular formula is C22H23ClFN5OS. The van der Waals surface area contributed by atoms with E-state index in [9.17, 15) is 9.18 Å². The van der Waals surface area contributed by atoms with Gasteiger partial charge in [-0.25, -0.2) is 14.1 Å². The van der Waals surface area contributed by atoms with Crippen LogP contribution in [0.1, 0.15) is 16.1 Å². The molecule has 0 bridgehead atoms. The SMILES string of the molecule is Cc1c(C(=O)N(CCN(C)C)c2nc3ccc(F)cc3s2)cnn1-c1ccccc1.Cl. The number of fused-ring (bicyclic) bond motifs is 1. The van der Waals surface area contributed by atoms with Gasteiger partial charge in [-0.3, -0.25) is 9.69 Å². The fraction of sp³-hybridized carbons (Fsp3) is 0.227. The molecule has 0 unspecified atom stereocenters. The summed E-state index contributed by atoms with van der Waals surface area (Å²) in [6.45, 7) is 3.01. The molecule has 0 atom stereocenters. The molecular weight excluding hydrogens is 437 g/mol. The summed E-state index contributed by atoms with van der Waals surface area (Å²) in [5.41, 5.74) is 2.84. The molecule has 0 saturated carbocycles. The van der Waals surface area contributed by atoms with Crippen LogP contribution in [0.25, 0.3) is 15.9 Å². The van der Waals surface area contributed by atoms with Gasteiger partial charge in [-0.2, -0.15) is 5.10 Å². The van der Waals surface area contributed by atoms with Gasteiger partial charge >= 0.3 is 0 Å². The van der Waals surface area contributed by atoms with Crippen LogP contribution in [-0.4, -0.2) is 52.8 Å². The molecule has 0 aliphatic heterocycles. The Kier molecular flexibility index (Phi) is 7.04. The molecule has 0 aliphatic rings. The summed E-state index contributed by atoms with van der Waals surface area (Å²) in [6, 6.07) is 14.2. The zero-order chi connectivity index (χ0) is 21.3. The first-order valence-corrected chi connectivity index (χ1v) is 10.4. The van der Waals surface area contributed by atoms with Crippen LogP contribution in [-0.2, 0) is 0 Å². The van der Waals surface area contributed by atoms with Crippen LogP contribution in [0.5, 0.6) is 0 Å². The van der Waals surface area contributed by atoms with E-state index in [2.05, 4.69) is 10.1 Å². The van der Waals surface area contributed by atoms with E-state index in [-0.39, 0.29) is 24.1 Å². The molecule has 2 aromatic carbocycles. The van der Waals surface area contributed by atoms with Crippen molar-refractivity contribution in [1.29, 1.82) is 0 Å². The number of carbonyl (C=O) groups excluding carboxylic acids is 1. The molecule has 4 aromatic rings. The molecule has 0 N–H and O–H groups in total. The maximum atomic E-state index is 13.6. The molecule has 4 rings (SSSR count). The molecule has 2 aromatic heterocycles. The lowest BCUT2D eigenvalue weighted by atomic mass is 10.2. The highest BCUT2D eigenvalue weighted by Gasteiger charge is 2.25. The standard InChI is InChI=1S/C22H22FN5OS.ClH/c1-15-18(14-24-28(15)17-7-5-4-6-8-17)21(29)27(12-11-26(2)3)22-25-19-10-9-16(23)13-20(19)30-22;/h4-10,13-14H,11-12H2,1-3H3;1H. The number of hydrogen-bond acceptors (Lipinski definition) is 5. The average Bonchev–Trinajstić information content (AvgIpc) is 3.31. The second-order valence-corrected chi connectivity index (χ2v) is 8.27. The van der Waals surface area contributed by atoms with Gasteiger partial charge in [0.2, 0.25) is 0 Å². The molecule has 162 valence electrons. The summed E-state index contributed by atoms with van der Waals surface area (Å²) in [5.74, 6) is -0.486. The zero-order valence-corrected chi connectivity index (χ0v) is 19.1. The molecule has 2 heterocycles. The first kappa shape index (κ1) is 22.9. The Balaban J connectivity index is 0.00000272. The molecule has 31 heavy (non-hydrogen) atoms. The molecule has 0 spiro atoms. The number of para-hydroxylation sites is 1. The smallest absolute Gasteiger partial charge is 0.263 e. The van der Waals surface area contributed by atoms with Crippen molar-refractivity contribution in [1.82, 2.24) is 19.7 Å². The van der Waals surface area contributed by atoms with Crippen LogP contribution in [0.3, 0.4) is 0 Å². The van der Waals surface area contributed by atoms with Gasteiger partial charge < -0.3 is 4.90 Å².